The Morgan fingerprint density at radius 2 is 1.81 bits per heavy atom. The second-order valence-electron chi connectivity index (χ2n) is 4.67. The number of hydrogen-bond acceptors (Lipinski definition) is 3. The number of rotatable bonds is 6. The number of thiophene rings is 1. The Kier molecular flexibility index (Phi) is 5.51. The van der Waals surface area contributed by atoms with Gasteiger partial charge < -0.3 is 10.6 Å². The first-order chi connectivity index (χ1) is 10.1. The van der Waals surface area contributed by atoms with Gasteiger partial charge in [0.25, 0.3) is 0 Å². The van der Waals surface area contributed by atoms with Crippen LogP contribution in [0.25, 0.3) is 0 Å². The molecule has 0 saturated carbocycles. The fourth-order valence-corrected chi connectivity index (χ4v) is 2.74. The second-order valence-corrected chi connectivity index (χ2v) is 5.84. The van der Waals surface area contributed by atoms with Crippen LogP contribution >= 0.6 is 11.3 Å². The van der Waals surface area contributed by atoms with E-state index < -0.39 is 0 Å². The van der Waals surface area contributed by atoms with E-state index in [4.69, 9.17) is 0 Å². The van der Waals surface area contributed by atoms with Gasteiger partial charge in [0, 0.05) is 18.0 Å². The van der Waals surface area contributed by atoms with Crippen LogP contribution in [0.5, 0.6) is 0 Å². The largest absolute Gasteiger partial charge is 0.338 e. The summed E-state index contributed by atoms with van der Waals surface area (Å²) < 4.78 is 0. The van der Waals surface area contributed by atoms with Crippen LogP contribution in [0.15, 0.2) is 42.5 Å². The van der Waals surface area contributed by atoms with Gasteiger partial charge in [0.05, 0.1) is 4.88 Å². The number of carbonyl (C=O) groups excluding carboxylic acids is 2. The maximum atomic E-state index is 11.6. The minimum Gasteiger partial charge on any atom is -0.338 e. The van der Waals surface area contributed by atoms with E-state index in [0.717, 1.165) is 21.7 Å². The van der Waals surface area contributed by atoms with E-state index in [9.17, 15) is 9.59 Å². The predicted molar refractivity (Wildman–Crippen MR) is 84.7 cm³/mol. The van der Waals surface area contributed by atoms with Crippen LogP contribution in [0.1, 0.15) is 27.0 Å². The molecule has 5 heteroatoms. The smallest absolute Gasteiger partial charge is 0.315 e. The van der Waals surface area contributed by atoms with Gasteiger partial charge in [-0.1, -0.05) is 30.3 Å². The molecule has 0 spiro atoms. The molecule has 2 aromatic rings. The van der Waals surface area contributed by atoms with Crippen molar-refractivity contribution in [1.82, 2.24) is 10.6 Å². The zero-order chi connectivity index (χ0) is 15.1. The highest BCUT2D eigenvalue weighted by atomic mass is 32.1. The maximum absolute atomic E-state index is 11.6. The highest BCUT2D eigenvalue weighted by Crippen LogP contribution is 2.16. The third-order valence-corrected chi connectivity index (χ3v) is 4.21. The summed E-state index contributed by atoms with van der Waals surface area (Å²) in [5.74, 6) is 0.0832. The molecule has 0 aliphatic heterocycles. The minimum absolute atomic E-state index is 0.0832. The summed E-state index contributed by atoms with van der Waals surface area (Å²) in [5.41, 5.74) is 1.07. The van der Waals surface area contributed by atoms with E-state index in [1.807, 2.05) is 42.5 Å². The molecule has 0 aliphatic carbocycles. The molecule has 2 N–H and O–H groups in total. The number of amides is 2. The molecule has 0 fully saturated rings. The van der Waals surface area contributed by atoms with E-state index in [1.165, 1.54) is 11.3 Å². The summed E-state index contributed by atoms with van der Waals surface area (Å²) in [6, 6.07) is 13.4. The fourth-order valence-electron chi connectivity index (χ4n) is 1.84. The Balaban J connectivity index is 1.68. The van der Waals surface area contributed by atoms with Crippen molar-refractivity contribution in [2.45, 2.75) is 19.9 Å². The lowest BCUT2D eigenvalue weighted by molar-refractivity contribution is 0.102. The summed E-state index contributed by atoms with van der Waals surface area (Å²) in [6.07, 6.45) is 0.733. The normalized spacial score (nSPS) is 10.1. The molecular formula is C16H18N2O2S. The molecule has 110 valence electrons. The van der Waals surface area contributed by atoms with Gasteiger partial charge in [0.1, 0.15) is 0 Å². The highest BCUT2D eigenvalue weighted by molar-refractivity contribution is 7.14. The van der Waals surface area contributed by atoms with E-state index in [-0.39, 0.29) is 11.8 Å². The Morgan fingerprint density at radius 1 is 1.05 bits per heavy atom. The molecule has 2 amide bonds. The van der Waals surface area contributed by atoms with Crippen LogP contribution in [0.2, 0.25) is 0 Å². The lowest BCUT2D eigenvalue weighted by Gasteiger charge is -2.07. The van der Waals surface area contributed by atoms with Gasteiger partial charge in [-0.2, -0.15) is 0 Å². The van der Waals surface area contributed by atoms with Gasteiger partial charge in [0.15, 0.2) is 5.78 Å². The van der Waals surface area contributed by atoms with Gasteiger partial charge in [-0.25, -0.2) is 4.79 Å². The van der Waals surface area contributed by atoms with Crippen molar-refractivity contribution in [3.05, 3.63) is 57.8 Å². The van der Waals surface area contributed by atoms with Gasteiger partial charge in [-0.05, 0) is 31.0 Å². The molecule has 2 rings (SSSR count). The quantitative estimate of drug-likeness (QED) is 0.806. The lowest BCUT2D eigenvalue weighted by Crippen LogP contribution is -2.36. The lowest BCUT2D eigenvalue weighted by atomic mass is 10.2. The number of carbonyl (C=O) groups is 2. The van der Waals surface area contributed by atoms with E-state index in [2.05, 4.69) is 10.6 Å². The maximum Gasteiger partial charge on any atom is 0.315 e. The topological polar surface area (TPSA) is 58.2 Å². The van der Waals surface area contributed by atoms with Crippen LogP contribution in [0.3, 0.4) is 0 Å². The summed E-state index contributed by atoms with van der Waals surface area (Å²) in [5, 5.41) is 5.62. The average Bonchev–Trinajstić information content (AvgIpc) is 2.95. The van der Waals surface area contributed by atoms with E-state index >= 15 is 0 Å². The van der Waals surface area contributed by atoms with Crippen molar-refractivity contribution < 1.29 is 9.59 Å². The first-order valence-electron chi connectivity index (χ1n) is 6.80. The predicted octanol–water partition coefficient (Wildman–Crippen LogP) is 2.99. The van der Waals surface area contributed by atoms with E-state index in [1.54, 1.807) is 6.92 Å². The number of benzene rings is 1. The first kappa shape index (κ1) is 15.3. The first-order valence-corrected chi connectivity index (χ1v) is 7.62. The zero-order valence-corrected chi connectivity index (χ0v) is 12.7. The summed E-state index contributed by atoms with van der Waals surface area (Å²) in [6.45, 7) is 2.63. The van der Waals surface area contributed by atoms with Crippen LogP contribution in [0.4, 0.5) is 4.79 Å². The summed E-state index contributed by atoms with van der Waals surface area (Å²) in [4.78, 5) is 24.7. The SMILES string of the molecule is CC(=O)c1ccc(CCNC(=O)NCc2ccccc2)s1. The Morgan fingerprint density at radius 3 is 2.48 bits per heavy atom. The van der Waals surface area contributed by atoms with Crippen molar-refractivity contribution in [1.29, 1.82) is 0 Å². The molecule has 4 nitrogen and oxygen atoms in total. The standard InChI is InChI=1S/C16H18N2O2S/c1-12(19)15-8-7-14(21-15)9-10-17-16(20)18-11-13-5-3-2-4-6-13/h2-8H,9-11H2,1H3,(H2,17,18,20). The van der Waals surface area contributed by atoms with Gasteiger partial charge in [-0.15, -0.1) is 11.3 Å². The molecule has 0 bridgehead atoms. The Labute approximate surface area is 128 Å². The fraction of sp³-hybridized carbons (Fsp3) is 0.250. The van der Waals surface area contributed by atoms with Crippen LogP contribution in [0, 0.1) is 0 Å². The monoisotopic (exact) mass is 302 g/mol. The summed E-state index contributed by atoms with van der Waals surface area (Å²) >= 11 is 1.48. The number of Topliss-reactive ketones (excluding diaryl/α,β-unsaturated/α-hetero) is 1. The molecule has 0 radical (unpaired) electrons. The van der Waals surface area contributed by atoms with Crippen molar-refractivity contribution in [3.8, 4) is 0 Å². The third-order valence-electron chi connectivity index (χ3n) is 2.96. The Hall–Kier alpha value is -2.14. The average molecular weight is 302 g/mol. The van der Waals surface area contributed by atoms with Crippen molar-refractivity contribution >= 4 is 23.2 Å². The van der Waals surface area contributed by atoms with Crippen LogP contribution in [-0.4, -0.2) is 18.4 Å². The number of nitrogens with one attached hydrogen (secondary N) is 2. The van der Waals surface area contributed by atoms with Crippen molar-refractivity contribution in [3.63, 3.8) is 0 Å². The number of urea groups is 1. The molecular weight excluding hydrogens is 284 g/mol. The molecule has 0 atom stereocenters. The second kappa shape index (κ2) is 7.59. The molecule has 0 aliphatic rings. The van der Waals surface area contributed by atoms with Gasteiger partial charge >= 0.3 is 6.03 Å². The molecule has 21 heavy (non-hydrogen) atoms. The van der Waals surface area contributed by atoms with Gasteiger partial charge in [-0.3, -0.25) is 4.79 Å². The molecule has 1 aromatic carbocycles. The van der Waals surface area contributed by atoms with Crippen molar-refractivity contribution in [2.24, 2.45) is 0 Å². The zero-order valence-electron chi connectivity index (χ0n) is 11.9. The van der Waals surface area contributed by atoms with Crippen LogP contribution < -0.4 is 10.6 Å². The highest BCUT2D eigenvalue weighted by Gasteiger charge is 2.05. The molecule has 0 saturated heterocycles. The molecule has 1 heterocycles. The van der Waals surface area contributed by atoms with Gasteiger partial charge in [0.2, 0.25) is 0 Å². The summed E-state index contributed by atoms with van der Waals surface area (Å²) in [7, 11) is 0. The third kappa shape index (κ3) is 5.04. The number of ketones is 1. The van der Waals surface area contributed by atoms with E-state index in [0.29, 0.717) is 13.1 Å². The van der Waals surface area contributed by atoms with Crippen molar-refractivity contribution in [2.75, 3.05) is 6.54 Å². The molecule has 1 aromatic heterocycles. The minimum atomic E-state index is -0.179. The molecule has 0 unspecified atom stereocenters. The van der Waals surface area contributed by atoms with Crippen LogP contribution in [-0.2, 0) is 13.0 Å². The Bertz CT molecular complexity index is 608. The number of hydrogen-bond donors (Lipinski definition) is 2.